The number of rotatable bonds is 0. The molecule has 0 aromatic carbocycles. The molecule has 0 unspecified atom stereocenters. The fourth-order valence-corrected chi connectivity index (χ4v) is 1.02. The van der Waals surface area contributed by atoms with E-state index in [4.69, 9.17) is 10.8 Å². The molecule has 0 radical (unpaired) electrons. The maximum Gasteiger partial charge on any atom is 0.317 e. The first kappa shape index (κ1) is 6.84. The number of anilines is 1. The standard InChI is InChI=1S/C6H7N5O/c1-11-2-8-3-4(7)9-6(12)10-5(3)11/h2H,1H3,(H3,7,9,10,12). The van der Waals surface area contributed by atoms with Crippen LogP contribution in [-0.2, 0) is 7.05 Å². The van der Waals surface area contributed by atoms with Crippen LogP contribution < -0.4 is 5.73 Å². The molecule has 0 amide bonds. The fourth-order valence-electron chi connectivity index (χ4n) is 1.02. The largest absolute Gasteiger partial charge is 0.479 e. The van der Waals surface area contributed by atoms with Crippen LogP contribution >= 0.6 is 0 Å². The van der Waals surface area contributed by atoms with E-state index in [2.05, 4.69) is 15.0 Å². The fraction of sp³-hybridized carbons (Fsp3) is 0.167. The lowest BCUT2D eigenvalue weighted by Gasteiger charge is -1.95. The Labute approximate surface area is 67.7 Å². The van der Waals surface area contributed by atoms with Crippen LogP contribution in [0.1, 0.15) is 0 Å². The average Bonchev–Trinajstić information content (AvgIpc) is 2.33. The van der Waals surface area contributed by atoms with Crippen LogP contribution in [0.5, 0.6) is 6.01 Å². The van der Waals surface area contributed by atoms with Gasteiger partial charge in [0, 0.05) is 7.05 Å². The van der Waals surface area contributed by atoms with Gasteiger partial charge < -0.3 is 15.4 Å². The number of aromatic nitrogens is 4. The van der Waals surface area contributed by atoms with Crippen molar-refractivity contribution in [2.75, 3.05) is 5.73 Å². The minimum Gasteiger partial charge on any atom is -0.479 e. The van der Waals surface area contributed by atoms with Crippen LogP contribution in [-0.4, -0.2) is 24.6 Å². The molecule has 0 aliphatic heterocycles. The van der Waals surface area contributed by atoms with Gasteiger partial charge in [0.25, 0.3) is 0 Å². The van der Waals surface area contributed by atoms with E-state index in [9.17, 15) is 0 Å². The zero-order chi connectivity index (χ0) is 8.72. The van der Waals surface area contributed by atoms with E-state index in [0.717, 1.165) is 0 Å². The molecule has 2 aromatic heterocycles. The third kappa shape index (κ3) is 0.777. The van der Waals surface area contributed by atoms with Crippen LogP contribution in [0.15, 0.2) is 6.33 Å². The summed E-state index contributed by atoms with van der Waals surface area (Å²) in [6.07, 6.45) is 1.56. The lowest BCUT2D eigenvalue weighted by Crippen LogP contribution is -1.95. The minimum absolute atomic E-state index is 0.193. The summed E-state index contributed by atoms with van der Waals surface area (Å²) < 4.78 is 1.66. The molecule has 0 fully saturated rings. The number of nitrogens with zero attached hydrogens (tertiary/aromatic N) is 4. The van der Waals surface area contributed by atoms with E-state index < -0.39 is 0 Å². The Balaban J connectivity index is 2.92. The van der Waals surface area contributed by atoms with Gasteiger partial charge >= 0.3 is 6.01 Å². The third-order valence-electron chi connectivity index (χ3n) is 1.57. The van der Waals surface area contributed by atoms with Crippen molar-refractivity contribution in [1.29, 1.82) is 0 Å². The second-order valence-corrected chi connectivity index (χ2v) is 2.44. The summed E-state index contributed by atoms with van der Waals surface area (Å²) in [6, 6.07) is -0.330. The first-order valence-electron chi connectivity index (χ1n) is 3.32. The number of hydrogen-bond donors (Lipinski definition) is 2. The molecule has 0 spiro atoms. The number of fused-ring (bicyclic) bond motifs is 1. The monoisotopic (exact) mass is 165 g/mol. The zero-order valence-electron chi connectivity index (χ0n) is 6.39. The van der Waals surface area contributed by atoms with Crippen molar-refractivity contribution in [3.8, 4) is 6.01 Å². The van der Waals surface area contributed by atoms with Crippen molar-refractivity contribution in [2.24, 2.45) is 7.05 Å². The molecule has 0 saturated heterocycles. The number of nitrogens with two attached hydrogens (primary N) is 1. The van der Waals surface area contributed by atoms with Crippen molar-refractivity contribution in [1.82, 2.24) is 19.5 Å². The molecule has 2 aromatic rings. The number of nitrogen functional groups attached to an aromatic ring is 1. The molecule has 0 aliphatic carbocycles. The Bertz CT molecular complexity index is 435. The zero-order valence-corrected chi connectivity index (χ0v) is 6.39. The Morgan fingerprint density at radius 2 is 2.25 bits per heavy atom. The Morgan fingerprint density at radius 3 is 3.00 bits per heavy atom. The predicted octanol–water partition coefficient (Wildman–Crippen LogP) is -0.349. The summed E-state index contributed by atoms with van der Waals surface area (Å²) in [6.45, 7) is 0. The highest BCUT2D eigenvalue weighted by Gasteiger charge is 2.07. The first-order chi connectivity index (χ1) is 5.68. The van der Waals surface area contributed by atoms with E-state index >= 15 is 0 Å². The van der Waals surface area contributed by atoms with E-state index in [-0.39, 0.29) is 11.8 Å². The van der Waals surface area contributed by atoms with Crippen LogP contribution in [0.4, 0.5) is 5.82 Å². The van der Waals surface area contributed by atoms with E-state index in [1.54, 1.807) is 17.9 Å². The molecule has 3 N–H and O–H groups in total. The smallest absolute Gasteiger partial charge is 0.317 e. The van der Waals surface area contributed by atoms with Gasteiger partial charge in [0.15, 0.2) is 11.5 Å². The topological polar surface area (TPSA) is 89.9 Å². The van der Waals surface area contributed by atoms with Crippen LogP contribution in [0, 0.1) is 0 Å². The molecule has 6 heteroatoms. The molecule has 2 heterocycles. The highest BCUT2D eigenvalue weighted by Crippen LogP contribution is 2.16. The molecule has 62 valence electrons. The lowest BCUT2D eigenvalue weighted by atomic mass is 10.5. The molecule has 0 bridgehead atoms. The minimum atomic E-state index is -0.330. The maximum absolute atomic E-state index is 9.01. The van der Waals surface area contributed by atoms with Crippen LogP contribution in [0.25, 0.3) is 11.2 Å². The summed E-state index contributed by atoms with van der Waals surface area (Å²) >= 11 is 0. The molecule has 6 nitrogen and oxygen atoms in total. The average molecular weight is 165 g/mol. The number of aromatic hydroxyl groups is 1. The maximum atomic E-state index is 9.01. The quantitative estimate of drug-likeness (QED) is 0.557. The van der Waals surface area contributed by atoms with Crippen LogP contribution in [0.2, 0.25) is 0 Å². The lowest BCUT2D eigenvalue weighted by molar-refractivity contribution is 0.433. The summed E-state index contributed by atoms with van der Waals surface area (Å²) in [7, 11) is 1.77. The van der Waals surface area contributed by atoms with Gasteiger partial charge in [-0.2, -0.15) is 9.97 Å². The van der Waals surface area contributed by atoms with Gasteiger partial charge in [0.1, 0.15) is 5.52 Å². The van der Waals surface area contributed by atoms with E-state index in [1.807, 2.05) is 0 Å². The van der Waals surface area contributed by atoms with Gasteiger partial charge in [-0.15, -0.1) is 0 Å². The van der Waals surface area contributed by atoms with Crippen molar-refractivity contribution in [2.45, 2.75) is 0 Å². The van der Waals surface area contributed by atoms with Crippen LogP contribution in [0.3, 0.4) is 0 Å². The summed E-state index contributed by atoms with van der Waals surface area (Å²) in [4.78, 5) is 11.3. The van der Waals surface area contributed by atoms with Crippen molar-refractivity contribution in [3.63, 3.8) is 0 Å². The van der Waals surface area contributed by atoms with Gasteiger partial charge in [-0.25, -0.2) is 4.98 Å². The van der Waals surface area contributed by atoms with Gasteiger partial charge in [0.2, 0.25) is 0 Å². The summed E-state index contributed by atoms with van der Waals surface area (Å²) in [5.41, 5.74) is 6.52. The first-order valence-corrected chi connectivity index (χ1v) is 3.32. The Hall–Kier alpha value is -1.85. The van der Waals surface area contributed by atoms with Crippen molar-refractivity contribution in [3.05, 3.63) is 6.33 Å². The molecule has 2 rings (SSSR count). The Morgan fingerprint density at radius 1 is 1.50 bits per heavy atom. The molecule has 0 aliphatic rings. The molecular formula is C6H7N5O. The van der Waals surface area contributed by atoms with E-state index in [0.29, 0.717) is 11.2 Å². The summed E-state index contributed by atoms with van der Waals surface area (Å²) in [5.74, 6) is 0.193. The highest BCUT2D eigenvalue weighted by atomic mass is 16.3. The van der Waals surface area contributed by atoms with Gasteiger partial charge in [-0.1, -0.05) is 0 Å². The van der Waals surface area contributed by atoms with Crippen molar-refractivity contribution < 1.29 is 5.11 Å². The number of aryl methyl sites for hydroxylation is 1. The van der Waals surface area contributed by atoms with E-state index in [1.165, 1.54) is 0 Å². The summed E-state index contributed by atoms with van der Waals surface area (Å²) in [5, 5.41) is 9.01. The van der Waals surface area contributed by atoms with Crippen molar-refractivity contribution >= 4 is 17.0 Å². The number of hydrogen-bond acceptors (Lipinski definition) is 5. The van der Waals surface area contributed by atoms with Gasteiger partial charge in [-0.3, -0.25) is 0 Å². The normalized spacial score (nSPS) is 10.8. The molecule has 12 heavy (non-hydrogen) atoms. The second kappa shape index (κ2) is 2.07. The highest BCUT2D eigenvalue weighted by molar-refractivity contribution is 5.81. The molecule has 0 saturated carbocycles. The molecule has 0 atom stereocenters. The van der Waals surface area contributed by atoms with Gasteiger partial charge in [-0.05, 0) is 0 Å². The molecular weight excluding hydrogens is 158 g/mol. The third-order valence-corrected chi connectivity index (χ3v) is 1.57. The Kier molecular flexibility index (Phi) is 1.18. The number of imidazole rings is 1. The second-order valence-electron chi connectivity index (χ2n) is 2.44. The van der Waals surface area contributed by atoms with Gasteiger partial charge in [0.05, 0.1) is 6.33 Å². The predicted molar refractivity (Wildman–Crippen MR) is 42.4 cm³/mol. The SMILES string of the molecule is Cn1cnc2c(N)nc(O)nc21.